The first-order valence-electron chi connectivity index (χ1n) is 10.1. The molecule has 0 bridgehead atoms. The molecule has 0 saturated heterocycles. The van der Waals surface area contributed by atoms with Crippen LogP contribution < -0.4 is 16.2 Å². The first kappa shape index (κ1) is 20.3. The van der Waals surface area contributed by atoms with Crippen LogP contribution in [0, 0.1) is 6.92 Å². The number of aromatic amines is 1. The Balaban J connectivity index is 0.00000193. The predicted octanol–water partition coefficient (Wildman–Crippen LogP) is 3.14. The van der Waals surface area contributed by atoms with Crippen LogP contribution in [0.3, 0.4) is 0 Å². The zero-order valence-electron chi connectivity index (χ0n) is 17.3. The average molecular weight is 423 g/mol. The number of carbonyl (C=O) groups is 1. The number of rotatable bonds is 8. The molecule has 0 radical (unpaired) electrons. The first-order chi connectivity index (χ1) is 15.1. The van der Waals surface area contributed by atoms with Crippen LogP contribution in [0.15, 0.2) is 65.8 Å². The van der Waals surface area contributed by atoms with Gasteiger partial charge in [0.05, 0.1) is 0 Å². The van der Waals surface area contributed by atoms with E-state index in [1.807, 2.05) is 48.7 Å². The first-order valence-corrected chi connectivity index (χ1v) is 10.1. The Bertz CT molecular complexity index is 1260. The van der Waals surface area contributed by atoms with E-state index in [-0.39, 0.29) is 28.1 Å². The van der Waals surface area contributed by atoms with Crippen molar-refractivity contribution in [3.05, 3.63) is 88.4 Å². The molecule has 1 amide bonds. The molecule has 0 spiro atoms. The molecule has 164 valence electrons. The van der Waals surface area contributed by atoms with Crippen molar-refractivity contribution in [3.8, 4) is 0 Å². The van der Waals surface area contributed by atoms with Gasteiger partial charge in [0, 0.05) is 59.3 Å². The van der Waals surface area contributed by atoms with Gasteiger partial charge in [-0.3, -0.25) is 19.1 Å². The number of carbonyl (C=O) groups excluding carboxylic acids is 1. The number of amides is 1. The molecule has 0 aliphatic rings. The second kappa shape index (κ2) is 9.25. The number of nitrogens with one attached hydrogen (secondary N) is 3. The quantitative estimate of drug-likeness (QED) is 0.405. The predicted molar refractivity (Wildman–Crippen MR) is 126 cm³/mol. The van der Waals surface area contributed by atoms with Crippen molar-refractivity contribution in [2.24, 2.45) is 0 Å². The SMILES string of the molecule is Cc1cnc(NCCc2ccccn2)c(=O)n1CC(=O)NCc1ccc2[nH]ccc2c1.[HH].[HH].[HH]. The highest BCUT2D eigenvalue weighted by Gasteiger charge is 2.11. The summed E-state index contributed by atoms with van der Waals surface area (Å²) in [6.45, 7) is 2.62. The molecule has 8 nitrogen and oxygen atoms in total. The summed E-state index contributed by atoms with van der Waals surface area (Å²) in [6.07, 6.45) is 5.88. The van der Waals surface area contributed by atoms with Crippen LogP contribution in [-0.4, -0.2) is 32.0 Å². The maximum absolute atomic E-state index is 12.8. The van der Waals surface area contributed by atoms with E-state index in [2.05, 4.69) is 25.6 Å². The maximum Gasteiger partial charge on any atom is 0.293 e. The Kier molecular flexibility index (Phi) is 6.07. The number of nitrogens with zero attached hydrogens (tertiary/aromatic N) is 3. The van der Waals surface area contributed by atoms with Crippen molar-refractivity contribution < 1.29 is 9.07 Å². The van der Waals surface area contributed by atoms with Crippen LogP contribution in [0.2, 0.25) is 0 Å². The molecule has 0 atom stereocenters. The second-order valence-electron chi connectivity index (χ2n) is 7.31. The zero-order valence-corrected chi connectivity index (χ0v) is 17.3. The number of aromatic nitrogens is 4. The van der Waals surface area contributed by atoms with Crippen molar-refractivity contribution in [1.29, 1.82) is 0 Å². The minimum absolute atomic E-state index is 0. The van der Waals surface area contributed by atoms with E-state index >= 15 is 0 Å². The third-order valence-electron chi connectivity index (χ3n) is 5.06. The fraction of sp³-hybridized carbons (Fsp3) is 0.217. The molecule has 3 N–H and O–H groups in total. The molecule has 31 heavy (non-hydrogen) atoms. The Morgan fingerprint density at radius 2 is 2.10 bits per heavy atom. The fourth-order valence-corrected chi connectivity index (χ4v) is 3.36. The van der Waals surface area contributed by atoms with Gasteiger partial charge >= 0.3 is 0 Å². The molecule has 3 aromatic heterocycles. The largest absolute Gasteiger partial charge is 0.365 e. The van der Waals surface area contributed by atoms with Crippen molar-refractivity contribution in [2.75, 3.05) is 11.9 Å². The number of fused-ring (bicyclic) bond motifs is 1. The molecule has 0 fully saturated rings. The number of H-pyrrole nitrogens is 1. The lowest BCUT2D eigenvalue weighted by Gasteiger charge is -2.12. The molecule has 3 heterocycles. The van der Waals surface area contributed by atoms with E-state index < -0.39 is 0 Å². The van der Waals surface area contributed by atoms with E-state index in [0.29, 0.717) is 25.2 Å². The summed E-state index contributed by atoms with van der Waals surface area (Å²) in [7, 11) is 0. The lowest BCUT2D eigenvalue weighted by molar-refractivity contribution is -0.121. The van der Waals surface area contributed by atoms with Crippen LogP contribution in [0.25, 0.3) is 10.9 Å². The van der Waals surface area contributed by atoms with E-state index in [0.717, 1.165) is 22.2 Å². The molecule has 1 aromatic carbocycles. The summed E-state index contributed by atoms with van der Waals surface area (Å²) in [4.78, 5) is 36.9. The summed E-state index contributed by atoms with van der Waals surface area (Å²) in [5.74, 6) is -0.00255. The normalized spacial score (nSPS) is 10.9. The van der Waals surface area contributed by atoms with Gasteiger partial charge < -0.3 is 15.6 Å². The summed E-state index contributed by atoms with van der Waals surface area (Å²) < 4.78 is 1.43. The number of hydrogen-bond acceptors (Lipinski definition) is 5. The van der Waals surface area contributed by atoms with Crippen molar-refractivity contribution in [3.63, 3.8) is 0 Å². The zero-order chi connectivity index (χ0) is 21.6. The minimum Gasteiger partial charge on any atom is -0.365 e. The van der Waals surface area contributed by atoms with Gasteiger partial charge in [-0.2, -0.15) is 0 Å². The summed E-state index contributed by atoms with van der Waals surface area (Å²) in [6, 6.07) is 13.7. The highest BCUT2D eigenvalue weighted by Crippen LogP contribution is 2.14. The van der Waals surface area contributed by atoms with Gasteiger partial charge in [-0.25, -0.2) is 4.98 Å². The van der Waals surface area contributed by atoms with Crippen LogP contribution in [0.5, 0.6) is 0 Å². The molecule has 4 aromatic rings. The summed E-state index contributed by atoms with van der Waals surface area (Å²) in [5, 5.41) is 7.03. The van der Waals surface area contributed by atoms with Crippen LogP contribution in [-0.2, 0) is 24.3 Å². The average Bonchev–Trinajstić information content (AvgIpc) is 3.25. The third-order valence-corrected chi connectivity index (χ3v) is 5.06. The maximum atomic E-state index is 12.8. The van der Waals surface area contributed by atoms with Crippen LogP contribution in [0.4, 0.5) is 5.82 Å². The Morgan fingerprint density at radius 3 is 2.94 bits per heavy atom. The molecule has 0 aliphatic carbocycles. The van der Waals surface area contributed by atoms with Gasteiger partial charge in [0.25, 0.3) is 5.56 Å². The second-order valence-corrected chi connectivity index (χ2v) is 7.31. The third kappa shape index (κ3) is 4.98. The Hall–Kier alpha value is -3.94. The summed E-state index contributed by atoms with van der Waals surface area (Å²) >= 11 is 0. The van der Waals surface area contributed by atoms with Gasteiger partial charge in [0.15, 0.2) is 5.82 Å². The number of hydrogen-bond donors (Lipinski definition) is 3. The van der Waals surface area contributed by atoms with E-state index in [9.17, 15) is 9.59 Å². The van der Waals surface area contributed by atoms with E-state index in [1.54, 1.807) is 19.3 Å². The number of benzene rings is 1. The van der Waals surface area contributed by atoms with Gasteiger partial charge in [0.1, 0.15) is 6.54 Å². The van der Waals surface area contributed by atoms with Gasteiger partial charge in [-0.1, -0.05) is 12.1 Å². The molecule has 0 saturated carbocycles. The highest BCUT2D eigenvalue weighted by atomic mass is 16.2. The van der Waals surface area contributed by atoms with Crippen molar-refractivity contribution in [1.82, 2.24) is 24.8 Å². The molecule has 0 unspecified atom stereocenters. The van der Waals surface area contributed by atoms with Gasteiger partial charge in [-0.15, -0.1) is 0 Å². The topological polar surface area (TPSA) is 105 Å². The van der Waals surface area contributed by atoms with E-state index in [1.165, 1.54) is 4.57 Å². The fourth-order valence-electron chi connectivity index (χ4n) is 3.36. The summed E-state index contributed by atoms with van der Waals surface area (Å²) in [5.41, 5.74) is 3.29. The molecule has 4 rings (SSSR count). The molecular weight excluding hydrogens is 392 g/mol. The number of anilines is 1. The van der Waals surface area contributed by atoms with Crippen LogP contribution in [0.1, 0.15) is 21.2 Å². The molecular formula is C23H30N6O2. The van der Waals surface area contributed by atoms with E-state index in [4.69, 9.17) is 0 Å². The number of pyridine rings is 1. The minimum atomic E-state index is -0.315. The Morgan fingerprint density at radius 1 is 1.19 bits per heavy atom. The number of aryl methyl sites for hydroxylation is 1. The van der Waals surface area contributed by atoms with Crippen molar-refractivity contribution in [2.45, 2.75) is 26.4 Å². The lowest BCUT2D eigenvalue weighted by atomic mass is 10.1. The Labute approximate surface area is 183 Å². The molecule has 0 aliphatic heterocycles. The molecule has 8 heteroatoms. The van der Waals surface area contributed by atoms with Crippen molar-refractivity contribution >= 4 is 22.6 Å². The standard InChI is InChI=1S/C23H24N6O2.3H2/c1-16-13-28-22(26-11-8-19-4-2-3-9-24-19)23(31)29(16)15-21(30)27-14-17-5-6-20-18(12-17)7-10-25-20;;;/h2-7,9-10,12-13,25H,8,11,14-15H2,1H3,(H,26,28)(H,27,30);3*1H. The van der Waals surface area contributed by atoms with Crippen LogP contribution >= 0.6 is 0 Å². The monoisotopic (exact) mass is 422 g/mol. The smallest absolute Gasteiger partial charge is 0.293 e. The van der Waals surface area contributed by atoms with Gasteiger partial charge in [0.2, 0.25) is 5.91 Å². The highest BCUT2D eigenvalue weighted by molar-refractivity contribution is 5.80. The van der Waals surface area contributed by atoms with Gasteiger partial charge in [-0.05, 0) is 48.2 Å². The lowest BCUT2D eigenvalue weighted by Crippen LogP contribution is -2.34.